The van der Waals surface area contributed by atoms with Crippen LogP contribution in [0.2, 0.25) is 0 Å². The first-order chi connectivity index (χ1) is 8.27. The molecule has 0 atom stereocenters. The molecule has 0 unspecified atom stereocenters. The molecule has 0 aliphatic rings. The number of para-hydroxylation sites is 1. The summed E-state index contributed by atoms with van der Waals surface area (Å²) in [7, 11) is 0. The Kier molecular flexibility index (Phi) is 3.44. The molecule has 0 saturated carbocycles. The van der Waals surface area contributed by atoms with Gasteiger partial charge in [-0.25, -0.2) is 0 Å². The van der Waals surface area contributed by atoms with Crippen molar-refractivity contribution in [2.45, 2.75) is 13.5 Å². The van der Waals surface area contributed by atoms with E-state index >= 15 is 0 Å². The second-order valence-corrected chi connectivity index (χ2v) is 3.76. The van der Waals surface area contributed by atoms with Gasteiger partial charge in [-0.05, 0) is 19.1 Å². The highest BCUT2D eigenvalue weighted by Crippen LogP contribution is 2.23. The predicted octanol–water partition coefficient (Wildman–Crippen LogP) is 1.36. The van der Waals surface area contributed by atoms with Crippen molar-refractivity contribution in [1.82, 2.24) is 4.57 Å². The third kappa shape index (κ3) is 2.17. The molecule has 17 heavy (non-hydrogen) atoms. The van der Waals surface area contributed by atoms with E-state index in [0.29, 0.717) is 24.3 Å². The van der Waals surface area contributed by atoms with E-state index in [4.69, 9.17) is 10.5 Å². The van der Waals surface area contributed by atoms with Crippen LogP contribution in [0.3, 0.4) is 0 Å². The maximum Gasteiger partial charge on any atom is 0.189 e. The fourth-order valence-electron chi connectivity index (χ4n) is 1.89. The van der Waals surface area contributed by atoms with Crippen LogP contribution >= 0.6 is 0 Å². The zero-order chi connectivity index (χ0) is 12.3. The Morgan fingerprint density at radius 1 is 1.35 bits per heavy atom. The smallest absolute Gasteiger partial charge is 0.189 e. The number of aryl methyl sites for hydroxylation is 1. The third-order valence-corrected chi connectivity index (χ3v) is 2.67. The van der Waals surface area contributed by atoms with Crippen LogP contribution in [0.5, 0.6) is 5.75 Å². The molecule has 0 fully saturated rings. The quantitative estimate of drug-likeness (QED) is 0.866. The van der Waals surface area contributed by atoms with E-state index in [9.17, 15) is 4.79 Å². The molecule has 0 bridgehead atoms. The molecule has 1 heterocycles. The minimum absolute atomic E-state index is 0.0166. The normalized spacial score (nSPS) is 10.7. The Labute approximate surface area is 99.6 Å². The number of aromatic nitrogens is 1. The van der Waals surface area contributed by atoms with Gasteiger partial charge in [0.2, 0.25) is 0 Å². The van der Waals surface area contributed by atoms with Crippen LogP contribution in [-0.4, -0.2) is 17.7 Å². The molecule has 2 N–H and O–H groups in total. The van der Waals surface area contributed by atoms with Gasteiger partial charge in [-0.2, -0.15) is 0 Å². The van der Waals surface area contributed by atoms with Gasteiger partial charge >= 0.3 is 0 Å². The number of rotatable bonds is 4. The Morgan fingerprint density at radius 3 is 2.88 bits per heavy atom. The van der Waals surface area contributed by atoms with Gasteiger partial charge < -0.3 is 15.0 Å². The van der Waals surface area contributed by atoms with Crippen molar-refractivity contribution < 1.29 is 4.74 Å². The molecule has 1 aromatic heterocycles. The summed E-state index contributed by atoms with van der Waals surface area (Å²) in [6.07, 6.45) is 1.79. The summed E-state index contributed by atoms with van der Waals surface area (Å²) >= 11 is 0. The fraction of sp³-hybridized carbons (Fsp3) is 0.308. The number of pyridine rings is 1. The van der Waals surface area contributed by atoms with E-state index in [1.807, 2.05) is 29.7 Å². The van der Waals surface area contributed by atoms with Gasteiger partial charge in [0.15, 0.2) is 5.43 Å². The SMILES string of the molecule is CCn1ccc(=O)c2cccc(OCCN)c21. The van der Waals surface area contributed by atoms with Crippen LogP contribution in [0.25, 0.3) is 10.9 Å². The van der Waals surface area contributed by atoms with Crippen molar-refractivity contribution in [3.8, 4) is 5.75 Å². The molecule has 4 nitrogen and oxygen atoms in total. The number of fused-ring (bicyclic) bond motifs is 1. The zero-order valence-corrected chi connectivity index (χ0v) is 9.85. The number of hydrogen-bond donors (Lipinski definition) is 1. The van der Waals surface area contributed by atoms with Gasteiger partial charge in [0.1, 0.15) is 12.4 Å². The Bertz CT molecular complexity index is 575. The van der Waals surface area contributed by atoms with Crippen molar-refractivity contribution in [2.75, 3.05) is 13.2 Å². The van der Waals surface area contributed by atoms with E-state index in [1.165, 1.54) is 0 Å². The maximum absolute atomic E-state index is 11.8. The minimum Gasteiger partial charge on any atom is -0.490 e. The average molecular weight is 232 g/mol. The first-order valence-electron chi connectivity index (χ1n) is 5.73. The van der Waals surface area contributed by atoms with Crippen LogP contribution in [-0.2, 0) is 6.54 Å². The Balaban J connectivity index is 2.67. The minimum atomic E-state index is 0.0166. The first-order valence-corrected chi connectivity index (χ1v) is 5.73. The maximum atomic E-state index is 11.8. The van der Waals surface area contributed by atoms with Crippen LogP contribution in [0.4, 0.5) is 0 Å². The summed E-state index contributed by atoms with van der Waals surface area (Å²) in [6.45, 7) is 3.73. The highest BCUT2D eigenvalue weighted by atomic mass is 16.5. The lowest BCUT2D eigenvalue weighted by molar-refractivity contribution is 0.330. The molecule has 0 aliphatic heterocycles. The average Bonchev–Trinajstić information content (AvgIpc) is 2.37. The van der Waals surface area contributed by atoms with Gasteiger partial charge in [-0.15, -0.1) is 0 Å². The molecule has 0 aliphatic carbocycles. The number of nitrogens with two attached hydrogens (primary N) is 1. The standard InChI is InChI=1S/C13H16N2O2/c1-2-15-8-6-11(16)10-4-3-5-12(13(10)15)17-9-7-14/h3-6,8H,2,7,9,14H2,1H3. The molecule has 0 amide bonds. The van der Waals surface area contributed by atoms with Gasteiger partial charge in [0.25, 0.3) is 0 Å². The molecule has 90 valence electrons. The fourth-order valence-corrected chi connectivity index (χ4v) is 1.89. The molecule has 0 radical (unpaired) electrons. The number of benzene rings is 1. The van der Waals surface area contributed by atoms with Gasteiger partial charge in [-0.3, -0.25) is 4.79 Å². The van der Waals surface area contributed by atoms with Gasteiger partial charge in [-0.1, -0.05) is 6.07 Å². The van der Waals surface area contributed by atoms with Crippen LogP contribution in [0.1, 0.15) is 6.92 Å². The highest BCUT2D eigenvalue weighted by molar-refractivity contribution is 5.84. The summed E-state index contributed by atoms with van der Waals surface area (Å²) in [5.74, 6) is 0.715. The van der Waals surface area contributed by atoms with E-state index < -0.39 is 0 Å². The van der Waals surface area contributed by atoms with Gasteiger partial charge in [0, 0.05) is 30.7 Å². The summed E-state index contributed by atoms with van der Waals surface area (Å²) in [5, 5.41) is 0.684. The highest BCUT2D eigenvalue weighted by Gasteiger charge is 2.07. The second kappa shape index (κ2) is 5.01. The van der Waals surface area contributed by atoms with E-state index in [0.717, 1.165) is 12.1 Å². The molecule has 0 saturated heterocycles. The summed E-state index contributed by atoms with van der Waals surface area (Å²) in [6, 6.07) is 7.09. The van der Waals surface area contributed by atoms with Crippen LogP contribution in [0, 0.1) is 0 Å². The molecule has 0 spiro atoms. The largest absolute Gasteiger partial charge is 0.490 e. The summed E-state index contributed by atoms with van der Waals surface area (Å²) in [5.41, 5.74) is 6.29. The molecule has 4 heteroatoms. The Morgan fingerprint density at radius 2 is 2.18 bits per heavy atom. The molecule has 2 aromatic rings. The summed E-state index contributed by atoms with van der Waals surface area (Å²) in [4.78, 5) is 11.8. The topological polar surface area (TPSA) is 57.2 Å². The number of nitrogens with zero attached hydrogens (tertiary/aromatic N) is 1. The van der Waals surface area contributed by atoms with Crippen molar-refractivity contribution in [2.24, 2.45) is 5.73 Å². The lowest BCUT2D eigenvalue weighted by atomic mass is 10.2. The molecular formula is C13H16N2O2. The first kappa shape index (κ1) is 11.7. The lowest BCUT2D eigenvalue weighted by Gasteiger charge is -2.13. The lowest BCUT2D eigenvalue weighted by Crippen LogP contribution is -2.13. The molecule has 2 rings (SSSR count). The number of ether oxygens (including phenoxy) is 1. The predicted molar refractivity (Wildman–Crippen MR) is 68.4 cm³/mol. The Hall–Kier alpha value is -1.81. The monoisotopic (exact) mass is 232 g/mol. The number of hydrogen-bond acceptors (Lipinski definition) is 3. The van der Waals surface area contributed by atoms with Crippen LogP contribution in [0.15, 0.2) is 35.3 Å². The van der Waals surface area contributed by atoms with Crippen molar-refractivity contribution in [3.05, 3.63) is 40.7 Å². The molecular weight excluding hydrogens is 216 g/mol. The van der Waals surface area contributed by atoms with Gasteiger partial charge in [0.05, 0.1) is 5.52 Å². The van der Waals surface area contributed by atoms with Crippen molar-refractivity contribution in [3.63, 3.8) is 0 Å². The zero-order valence-electron chi connectivity index (χ0n) is 9.85. The van der Waals surface area contributed by atoms with Crippen molar-refractivity contribution >= 4 is 10.9 Å². The van der Waals surface area contributed by atoms with Crippen molar-refractivity contribution in [1.29, 1.82) is 0 Å². The second-order valence-electron chi connectivity index (χ2n) is 3.76. The van der Waals surface area contributed by atoms with E-state index in [1.54, 1.807) is 12.3 Å². The summed E-state index contributed by atoms with van der Waals surface area (Å²) < 4.78 is 7.58. The third-order valence-electron chi connectivity index (χ3n) is 2.67. The van der Waals surface area contributed by atoms with Crippen LogP contribution < -0.4 is 15.9 Å². The molecule has 1 aromatic carbocycles. The van der Waals surface area contributed by atoms with E-state index in [2.05, 4.69) is 0 Å². The van der Waals surface area contributed by atoms with E-state index in [-0.39, 0.29) is 5.43 Å².